The van der Waals surface area contributed by atoms with Crippen LogP contribution in [0.15, 0.2) is 30.3 Å². The van der Waals surface area contributed by atoms with Gasteiger partial charge in [-0.25, -0.2) is 0 Å². The molecule has 1 amide bonds. The van der Waals surface area contributed by atoms with Crippen molar-refractivity contribution in [2.75, 3.05) is 13.6 Å². The molecule has 0 radical (unpaired) electrons. The van der Waals surface area contributed by atoms with E-state index in [-0.39, 0.29) is 29.8 Å². The van der Waals surface area contributed by atoms with Crippen LogP contribution in [0.5, 0.6) is 0 Å². The Morgan fingerprint density at radius 1 is 1.26 bits per heavy atom. The van der Waals surface area contributed by atoms with Crippen LogP contribution in [-0.2, 0) is 10.2 Å². The Labute approximate surface area is 122 Å². The van der Waals surface area contributed by atoms with Gasteiger partial charge in [0.05, 0.1) is 6.54 Å². The number of rotatable bonds is 6. The van der Waals surface area contributed by atoms with Gasteiger partial charge in [-0.2, -0.15) is 0 Å². The molecule has 0 aliphatic heterocycles. The summed E-state index contributed by atoms with van der Waals surface area (Å²) in [6.45, 7) is 6.82. The first-order chi connectivity index (χ1) is 8.52. The molecule has 0 saturated carbocycles. The molecule has 1 rings (SSSR count). The van der Waals surface area contributed by atoms with Crippen molar-refractivity contribution in [3.8, 4) is 0 Å². The van der Waals surface area contributed by atoms with E-state index < -0.39 is 0 Å². The SMILES string of the molecule is CCC(NC(=O)CNC)C(C)(C)c1ccccc1.Cl. The molecule has 0 spiro atoms. The first-order valence-electron chi connectivity index (χ1n) is 6.51. The van der Waals surface area contributed by atoms with Gasteiger partial charge >= 0.3 is 0 Å². The highest BCUT2D eigenvalue weighted by Crippen LogP contribution is 2.28. The van der Waals surface area contributed by atoms with Gasteiger partial charge in [0.15, 0.2) is 0 Å². The van der Waals surface area contributed by atoms with Gasteiger partial charge in [-0.1, -0.05) is 51.1 Å². The average Bonchev–Trinajstić information content (AvgIpc) is 2.37. The third kappa shape index (κ3) is 4.84. The number of nitrogens with one attached hydrogen (secondary N) is 2. The number of benzene rings is 1. The van der Waals surface area contributed by atoms with Crippen LogP contribution in [0.1, 0.15) is 32.8 Å². The van der Waals surface area contributed by atoms with Gasteiger partial charge in [0.1, 0.15) is 0 Å². The van der Waals surface area contributed by atoms with Gasteiger partial charge in [0.2, 0.25) is 5.91 Å². The lowest BCUT2D eigenvalue weighted by atomic mass is 9.76. The summed E-state index contributed by atoms with van der Waals surface area (Å²) in [4.78, 5) is 11.7. The summed E-state index contributed by atoms with van der Waals surface area (Å²) in [6, 6.07) is 10.5. The minimum atomic E-state index is -0.0700. The molecule has 0 heterocycles. The number of amides is 1. The lowest BCUT2D eigenvalue weighted by Gasteiger charge is -2.35. The normalized spacial score (nSPS) is 12.4. The van der Waals surface area contributed by atoms with Crippen LogP contribution in [0.2, 0.25) is 0 Å². The first-order valence-corrected chi connectivity index (χ1v) is 6.51. The second-order valence-corrected chi connectivity index (χ2v) is 5.15. The molecule has 2 N–H and O–H groups in total. The molecule has 0 aromatic heterocycles. The van der Waals surface area contributed by atoms with Gasteiger partial charge in [0, 0.05) is 11.5 Å². The lowest BCUT2D eigenvalue weighted by Crippen LogP contribution is -2.49. The first kappa shape index (κ1) is 17.9. The second kappa shape index (κ2) is 8.18. The Bertz CT molecular complexity index is 379. The Balaban J connectivity index is 0.00000324. The molecule has 1 atom stereocenters. The van der Waals surface area contributed by atoms with Crippen molar-refractivity contribution in [2.45, 2.75) is 38.6 Å². The maximum absolute atomic E-state index is 11.7. The fourth-order valence-electron chi connectivity index (χ4n) is 2.27. The summed E-state index contributed by atoms with van der Waals surface area (Å²) >= 11 is 0. The van der Waals surface area contributed by atoms with Crippen molar-refractivity contribution in [1.29, 1.82) is 0 Å². The summed E-state index contributed by atoms with van der Waals surface area (Å²) in [6.07, 6.45) is 0.914. The largest absolute Gasteiger partial charge is 0.351 e. The van der Waals surface area contributed by atoms with E-state index in [2.05, 4.69) is 43.5 Å². The fraction of sp³-hybridized carbons (Fsp3) is 0.533. The third-order valence-corrected chi connectivity index (χ3v) is 3.47. The van der Waals surface area contributed by atoms with Gasteiger partial charge in [-0.05, 0) is 19.0 Å². The van der Waals surface area contributed by atoms with Gasteiger partial charge in [-0.15, -0.1) is 12.4 Å². The molecule has 19 heavy (non-hydrogen) atoms. The van der Waals surface area contributed by atoms with E-state index in [9.17, 15) is 4.79 Å². The number of hydrogen-bond acceptors (Lipinski definition) is 2. The summed E-state index contributed by atoms with van der Waals surface area (Å²) in [7, 11) is 1.78. The molecular formula is C15H25ClN2O. The zero-order valence-electron chi connectivity index (χ0n) is 12.2. The van der Waals surface area contributed by atoms with Crippen molar-refractivity contribution in [1.82, 2.24) is 10.6 Å². The maximum Gasteiger partial charge on any atom is 0.234 e. The van der Waals surface area contributed by atoms with Crippen molar-refractivity contribution in [3.63, 3.8) is 0 Å². The lowest BCUT2D eigenvalue weighted by molar-refractivity contribution is -0.121. The Hall–Kier alpha value is -1.06. The van der Waals surface area contributed by atoms with E-state index in [4.69, 9.17) is 0 Å². The number of halogens is 1. The molecule has 1 unspecified atom stereocenters. The molecule has 0 aliphatic carbocycles. The minimum absolute atomic E-state index is 0. The van der Waals surface area contributed by atoms with Crippen LogP contribution in [0.25, 0.3) is 0 Å². The number of carbonyl (C=O) groups is 1. The van der Waals surface area contributed by atoms with Crippen LogP contribution in [-0.4, -0.2) is 25.5 Å². The summed E-state index contributed by atoms with van der Waals surface area (Å²) < 4.78 is 0. The van der Waals surface area contributed by atoms with Crippen LogP contribution >= 0.6 is 12.4 Å². The number of hydrogen-bond donors (Lipinski definition) is 2. The predicted molar refractivity (Wildman–Crippen MR) is 82.9 cm³/mol. The van der Waals surface area contributed by atoms with Crippen LogP contribution in [0.3, 0.4) is 0 Å². The van der Waals surface area contributed by atoms with Crippen molar-refractivity contribution >= 4 is 18.3 Å². The van der Waals surface area contributed by atoms with E-state index in [1.54, 1.807) is 7.05 Å². The predicted octanol–water partition coefficient (Wildman–Crippen LogP) is 2.50. The fourth-order valence-corrected chi connectivity index (χ4v) is 2.27. The van der Waals surface area contributed by atoms with Crippen molar-refractivity contribution in [2.24, 2.45) is 0 Å². The van der Waals surface area contributed by atoms with Crippen LogP contribution < -0.4 is 10.6 Å². The van der Waals surface area contributed by atoms with Gasteiger partial charge < -0.3 is 10.6 Å². The van der Waals surface area contributed by atoms with Gasteiger partial charge in [0.25, 0.3) is 0 Å². The molecule has 1 aromatic rings. The van der Waals surface area contributed by atoms with Gasteiger partial charge in [-0.3, -0.25) is 4.79 Å². The smallest absolute Gasteiger partial charge is 0.234 e. The zero-order chi connectivity index (χ0) is 13.6. The number of carbonyl (C=O) groups excluding carboxylic acids is 1. The van der Waals surface area contributed by atoms with E-state index in [1.807, 2.05) is 18.2 Å². The molecule has 1 aromatic carbocycles. The van der Waals surface area contributed by atoms with E-state index >= 15 is 0 Å². The monoisotopic (exact) mass is 284 g/mol. The molecule has 0 bridgehead atoms. The third-order valence-electron chi connectivity index (χ3n) is 3.47. The Kier molecular flexibility index (Phi) is 7.72. The molecule has 0 aliphatic rings. The topological polar surface area (TPSA) is 41.1 Å². The Morgan fingerprint density at radius 3 is 2.32 bits per heavy atom. The summed E-state index contributed by atoms with van der Waals surface area (Å²) in [5.41, 5.74) is 1.18. The van der Waals surface area contributed by atoms with E-state index in [1.165, 1.54) is 5.56 Å². The standard InChI is InChI=1S/C15H24N2O.ClH/c1-5-13(17-14(18)11-16-4)15(2,3)12-9-7-6-8-10-12;/h6-10,13,16H,5,11H2,1-4H3,(H,17,18);1H. The molecular weight excluding hydrogens is 260 g/mol. The maximum atomic E-state index is 11.7. The second-order valence-electron chi connectivity index (χ2n) is 5.15. The average molecular weight is 285 g/mol. The molecule has 4 heteroatoms. The zero-order valence-corrected chi connectivity index (χ0v) is 13.0. The quantitative estimate of drug-likeness (QED) is 0.843. The summed E-state index contributed by atoms with van der Waals surface area (Å²) in [5.74, 6) is 0.0494. The summed E-state index contributed by atoms with van der Waals surface area (Å²) in [5, 5.41) is 5.98. The van der Waals surface area contributed by atoms with Crippen molar-refractivity contribution < 1.29 is 4.79 Å². The molecule has 3 nitrogen and oxygen atoms in total. The molecule has 0 fully saturated rings. The highest BCUT2D eigenvalue weighted by atomic mass is 35.5. The highest BCUT2D eigenvalue weighted by Gasteiger charge is 2.30. The van der Waals surface area contributed by atoms with Crippen molar-refractivity contribution in [3.05, 3.63) is 35.9 Å². The highest BCUT2D eigenvalue weighted by molar-refractivity contribution is 5.85. The van der Waals surface area contributed by atoms with Crippen LogP contribution in [0, 0.1) is 0 Å². The Morgan fingerprint density at radius 2 is 1.84 bits per heavy atom. The van der Waals surface area contributed by atoms with E-state index in [0.717, 1.165) is 6.42 Å². The van der Waals surface area contributed by atoms with E-state index in [0.29, 0.717) is 6.54 Å². The minimum Gasteiger partial charge on any atom is -0.351 e. The molecule has 108 valence electrons. The molecule has 0 saturated heterocycles. The van der Waals surface area contributed by atoms with Crippen LogP contribution in [0.4, 0.5) is 0 Å². The number of likely N-dealkylation sites (N-methyl/N-ethyl adjacent to an activating group) is 1.